The van der Waals surface area contributed by atoms with Gasteiger partial charge in [-0.3, -0.25) is 19.4 Å². The number of carbonyl (C=O) groups excluding carboxylic acids is 3. The summed E-state index contributed by atoms with van der Waals surface area (Å²) in [5.41, 5.74) is 0.647. The predicted octanol–water partition coefficient (Wildman–Crippen LogP) is 5.12. The van der Waals surface area contributed by atoms with Crippen LogP contribution in [0.1, 0.15) is 71.3 Å². The van der Waals surface area contributed by atoms with Crippen LogP contribution in [-0.2, 0) is 20.9 Å². The Kier molecular flexibility index (Phi) is 14.1. The van der Waals surface area contributed by atoms with E-state index in [1.807, 2.05) is 12.3 Å². The molecular formula is C31H50N4O4S2. The molecule has 1 aliphatic heterocycles. The standard InChI is InChI=1S/C31H50N4O4S2/c1-31(2,3)39-30(38)35(23-40-4)20-28(36)33-27(22-41-21-25-13-9-6-10-14-25)29(37)32-26-15-17-34(18-16-26)19-24-11-7-5-8-12-24/h5,7-8,11-12,25-27H,6,9-10,13-23H2,1-4H3,(H,32,37)(H,33,36)/t27-/m0/s1. The number of likely N-dealkylation sites (tertiary alicyclic amines) is 1. The number of hydrogen-bond donors (Lipinski definition) is 2. The molecule has 0 spiro atoms. The molecule has 0 bridgehead atoms. The van der Waals surface area contributed by atoms with E-state index in [9.17, 15) is 14.4 Å². The smallest absolute Gasteiger partial charge is 0.411 e. The third kappa shape index (κ3) is 12.9. The second-order valence-electron chi connectivity index (χ2n) is 12.3. The average molecular weight is 607 g/mol. The lowest BCUT2D eigenvalue weighted by Crippen LogP contribution is -2.54. The molecule has 3 amide bonds. The van der Waals surface area contributed by atoms with E-state index in [0.717, 1.165) is 38.2 Å². The summed E-state index contributed by atoms with van der Waals surface area (Å²) in [6, 6.07) is 9.91. The summed E-state index contributed by atoms with van der Waals surface area (Å²) in [5.74, 6) is 2.07. The first-order valence-corrected chi connectivity index (χ1v) is 17.6. The Morgan fingerprint density at radius 1 is 1.05 bits per heavy atom. The summed E-state index contributed by atoms with van der Waals surface area (Å²) in [6.45, 7) is 8.03. The summed E-state index contributed by atoms with van der Waals surface area (Å²) in [6.07, 6.45) is 9.49. The molecule has 1 aromatic carbocycles. The zero-order valence-electron chi connectivity index (χ0n) is 25.4. The van der Waals surface area contributed by atoms with Crippen molar-refractivity contribution in [2.45, 2.75) is 89.9 Å². The van der Waals surface area contributed by atoms with Crippen LogP contribution in [0.5, 0.6) is 0 Å². The van der Waals surface area contributed by atoms with Crippen LogP contribution in [0.3, 0.4) is 0 Å². The van der Waals surface area contributed by atoms with Crippen molar-refractivity contribution in [3.63, 3.8) is 0 Å². The van der Waals surface area contributed by atoms with Crippen molar-refractivity contribution < 1.29 is 19.1 Å². The van der Waals surface area contributed by atoms with E-state index in [4.69, 9.17) is 4.74 Å². The van der Waals surface area contributed by atoms with Gasteiger partial charge in [0.1, 0.15) is 18.2 Å². The molecule has 10 heteroatoms. The molecule has 1 saturated heterocycles. The van der Waals surface area contributed by atoms with Crippen molar-refractivity contribution in [2.75, 3.05) is 43.3 Å². The topological polar surface area (TPSA) is 91.0 Å². The number of piperidine rings is 1. The number of nitrogens with one attached hydrogen (secondary N) is 2. The highest BCUT2D eigenvalue weighted by molar-refractivity contribution is 7.99. The van der Waals surface area contributed by atoms with Gasteiger partial charge in [-0.1, -0.05) is 49.6 Å². The Morgan fingerprint density at radius 3 is 2.37 bits per heavy atom. The van der Waals surface area contributed by atoms with E-state index < -0.39 is 17.7 Å². The van der Waals surface area contributed by atoms with Crippen LogP contribution >= 0.6 is 23.5 Å². The maximum atomic E-state index is 13.5. The maximum Gasteiger partial charge on any atom is 0.411 e. The van der Waals surface area contributed by atoms with E-state index in [2.05, 4.69) is 39.8 Å². The van der Waals surface area contributed by atoms with Crippen LogP contribution < -0.4 is 10.6 Å². The van der Waals surface area contributed by atoms with E-state index in [-0.39, 0.29) is 24.4 Å². The first-order valence-electron chi connectivity index (χ1n) is 15.0. The number of carbonyl (C=O) groups is 3. The molecule has 0 unspecified atom stereocenters. The number of benzene rings is 1. The van der Waals surface area contributed by atoms with Crippen molar-refractivity contribution in [1.29, 1.82) is 0 Å². The molecule has 1 saturated carbocycles. The van der Waals surface area contributed by atoms with Crippen molar-refractivity contribution >= 4 is 41.4 Å². The fraction of sp³-hybridized carbons (Fsp3) is 0.710. The summed E-state index contributed by atoms with van der Waals surface area (Å²) >= 11 is 3.19. The van der Waals surface area contributed by atoms with Gasteiger partial charge in [0.2, 0.25) is 11.8 Å². The highest BCUT2D eigenvalue weighted by atomic mass is 32.2. The first-order chi connectivity index (χ1) is 19.6. The lowest BCUT2D eigenvalue weighted by atomic mass is 9.91. The molecule has 1 heterocycles. The molecule has 41 heavy (non-hydrogen) atoms. The summed E-state index contributed by atoms with van der Waals surface area (Å²) in [5, 5.41) is 6.18. The Labute approximate surface area is 255 Å². The second-order valence-corrected chi connectivity index (χ2v) is 14.2. The molecule has 2 N–H and O–H groups in total. The van der Waals surface area contributed by atoms with Crippen molar-refractivity contribution in [3.05, 3.63) is 35.9 Å². The van der Waals surface area contributed by atoms with Crippen LogP contribution in [0.25, 0.3) is 0 Å². The van der Waals surface area contributed by atoms with Gasteiger partial charge in [-0.05, 0) is 69.9 Å². The number of ether oxygens (including phenoxy) is 1. The van der Waals surface area contributed by atoms with Crippen LogP contribution in [0, 0.1) is 5.92 Å². The molecule has 3 rings (SSSR count). The number of amides is 3. The maximum absolute atomic E-state index is 13.5. The van der Waals surface area contributed by atoms with Crippen molar-refractivity contribution in [2.24, 2.45) is 5.92 Å². The fourth-order valence-electron chi connectivity index (χ4n) is 5.33. The van der Waals surface area contributed by atoms with Crippen LogP contribution in [-0.4, -0.2) is 88.7 Å². The van der Waals surface area contributed by atoms with Gasteiger partial charge in [-0.25, -0.2) is 4.79 Å². The van der Waals surface area contributed by atoms with Crippen LogP contribution in [0.15, 0.2) is 30.3 Å². The number of rotatable bonds is 13. The Balaban J connectivity index is 1.55. The summed E-state index contributed by atoms with van der Waals surface area (Å²) in [4.78, 5) is 43.1. The van der Waals surface area contributed by atoms with Crippen molar-refractivity contribution in [3.8, 4) is 0 Å². The second kappa shape index (κ2) is 17.3. The quantitative estimate of drug-likeness (QED) is 0.301. The van der Waals surface area contributed by atoms with Crippen molar-refractivity contribution in [1.82, 2.24) is 20.4 Å². The minimum Gasteiger partial charge on any atom is -0.444 e. The first kappa shape index (κ1) is 33.6. The normalized spacial score (nSPS) is 18.0. The largest absolute Gasteiger partial charge is 0.444 e. The number of nitrogens with zero attached hydrogens (tertiary/aromatic N) is 2. The van der Waals surface area contributed by atoms with E-state index >= 15 is 0 Å². The molecule has 2 fully saturated rings. The Morgan fingerprint density at radius 2 is 1.73 bits per heavy atom. The molecule has 1 aliphatic carbocycles. The van der Waals surface area contributed by atoms with Gasteiger partial charge in [0.15, 0.2) is 0 Å². The van der Waals surface area contributed by atoms with Gasteiger partial charge in [0.05, 0.1) is 5.88 Å². The minimum absolute atomic E-state index is 0.0898. The Hall–Kier alpha value is -1.91. The zero-order chi connectivity index (χ0) is 29.7. The molecule has 2 aliphatic rings. The molecular weight excluding hydrogens is 556 g/mol. The van der Waals surface area contributed by atoms with E-state index in [0.29, 0.717) is 17.5 Å². The highest BCUT2D eigenvalue weighted by Gasteiger charge is 2.29. The number of hydrogen-bond acceptors (Lipinski definition) is 7. The average Bonchev–Trinajstić information content (AvgIpc) is 2.93. The van der Waals surface area contributed by atoms with Crippen LogP contribution in [0.2, 0.25) is 0 Å². The van der Waals surface area contributed by atoms with Gasteiger partial charge in [-0.15, -0.1) is 11.8 Å². The van der Waals surface area contributed by atoms with Crippen LogP contribution in [0.4, 0.5) is 4.79 Å². The highest BCUT2D eigenvalue weighted by Crippen LogP contribution is 2.27. The summed E-state index contributed by atoms with van der Waals surface area (Å²) < 4.78 is 5.49. The molecule has 8 nitrogen and oxygen atoms in total. The molecule has 0 aromatic heterocycles. The minimum atomic E-state index is -0.654. The molecule has 1 atom stereocenters. The number of thioether (sulfide) groups is 2. The lowest BCUT2D eigenvalue weighted by molar-refractivity contribution is -0.129. The van der Waals surface area contributed by atoms with E-state index in [1.165, 1.54) is 54.3 Å². The SMILES string of the molecule is CSCN(CC(=O)N[C@@H](CSCC1CCCCC1)C(=O)NC1CCN(Cc2ccccc2)CC1)C(=O)OC(C)(C)C. The third-order valence-electron chi connectivity index (χ3n) is 7.47. The van der Waals surface area contributed by atoms with Gasteiger partial charge in [0.25, 0.3) is 0 Å². The molecule has 1 aromatic rings. The van der Waals surface area contributed by atoms with Gasteiger partial charge in [-0.2, -0.15) is 11.8 Å². The predicted molar refractivity (Wildman–Crippen MR) is 170 cm³/mol. The molecule has 230 valence electrons. The van der Waals surface area contributed by atoms with E-state index in [1.54, 1.807) is 32.5 Å². The van der Waals surface area contributed by atoms with Gasteiger partial charge >= 0.3 is 6.09 Å². The van der Waals surface area contributed by atoms with Gasteiger partial charge < -0.3 is 15.4 Å². The van der Waals surface area contributed by atoms with Gasteiger partial charge in [0, 0.05) is 31.4 Å². The Bertz CT molecular complexity index is 945. The fourth-order valence-corrected chi connectivity index (χ4v) is 7.11. The summed E-state index contributed by atoms with van der Waals surface area (Å²) in [7, 11) is 0. The zero-order valence-corrected chi connectivity index (χ0v) is 27.0. The monoisotopic (exact) mass is 606 g/mol. The lowest BCUT2D eigenvalue weighted by Gasteiger charge is -2.33. The third-order valence-corrected chi connectivity index (χ3v) is 9.31. The molecule has 0 radical (unpaired) electrons.